The summed E-state index contributed by atoms with van der Waals surface area (Å²) in [6, 6.07) is 12.2. The summed E-state index contributed by atoms with van der Waals surface area (Å²) in [4.78, 5) is 27.3. The molecular formula is C24H25NO5. The smallest absolute Gasteiger partial charge is 0.295 e. The second kappa shape index (κ2) is 8.22. The number of aliphatic hydroxyl groups excluding tert-OH is 1. The highest BCUT2D eigenvalue weighted by atomic mass is 16.6. The monoisotopic (exact) mass is 407 g/mol. The second-order valence-corrected chi connectivity index (χ2v) is 7.45. The molecule has 0 bridgehead atoms. The molecule has 1 fully saturated rings. The average Bonchev–Trinajstić information content (AvgIpc) is 3.03. The topological polar surface area (TPSA) is 76.1 Å². The second-order valence-electron chi connectivity index (χ2n) is 7.45. The molecule has 1 saturated heterocycles. The van der Waals surface area contributed by atoms with E-state index in [0.717, 1.165) is 17.5 Å². The van der Waals surface area contributed by atoms with Gasteiger partial charge in [0.2, 0.25) is 0 Å². The van der Waals surface area contributed by atoms with E-state index in [9.17, 15) is 14.7 Å². The number of ether oxygens (including phenoxy) is 2. The number of hydrogen-bond donors (Lipinski definition) is 1. The maximum Gasteiger partial charge on any atom is 0.295 e. The summed E-state index contributed by atoms with van der Waals surface area (Å²) in [5.74, 6) is -0.345. The first-order valence-electron chi connectivity index (χ1n) is 10.3. The molecule has 6 heteroatoms. The van der Waals surface area contributed by atoms with Gasteiger partial charge in [-0.05, 0) is 42.2 Å². The van der Waals surface area contributed by atoms with E-state index >= 15 is 0 Å². The lowest BCUT2D eigenvalue weighted by Gasteiger charge is -2.25. The molecule has 2 aliphatic rings. The van der Waals surface area contributed by atoms with Gasteiger partial charge in [0.1, 0.15) is 19.0 Å². The fourth-order valence-corrected chi connectivity index (χ4v) is 3.98. The Morgan fingerprint density at radius 1 is 1.03 bits per heavy atom. The fraction of sp³-hybridized carbons (Fsp3) is 0.333. The summed E-state index contributed by atoms with van der Waals surface area (Å²) < 4.78 is 11.1. The van der Waals surface area contributed by atoms with E-state index in [4.69, 9.17) is 9.47 Å². The number of nitrogens with zero attached hydrogens (tertiary/aromatic N) is 1. The van der Waals surface area contributed by atoms with Crippen LogP contribution in [0.2, 0.25) is 0 Å². The Labute approximate surface area is 175 Å². The van der Waals surface area contributed by atoms with E-state index in [-0.39, 0.29) is 11.3 Å². The highest BCUT2D eigenvalue weighted by Crippen LogP contribution is 2.41. The molecule has 0 aromatic heterocycles. The van der Waals surface area contributed by atoms with Gasteiger partial charge in [-0.1, -0.05) is 38.1 Å². The van der Waals surface area contributed by atoms with Gasteiger partial charge >= 0.3 is 0 Å². The number of ketones is 1. The molecule has 0 spiro atoms. The first-order chi connectivity index (χ1) is 14.5. The highest BCUT2D eigenvalue weighted by molar-refractivity contribution is 6.46. The first kappa shape index (κ1) is 20.0. The van der Waals surface area contributed by atoms with Crippen LogP contribution in [0, 0.1) is 0 Å². The number of amides is 1. The third-order valence-corrected chi connectivity index (χ3v) is 5.52. The minimum atomic E-state index is -0.666. The van der Waals surface area contributed by atoms with E-state index in [2.05, 4.69) is 6.92 Å². The maximum atomic E-state index is 12.9. The first-order valence-corrected chi connectivity index (χ1v) is 10.3. The zero-order valence-electron chi connectivity index (χ0n) is 17.2. The Kier molecular flexibility index (Phi) is 5.48. The van der Waals surface area contributed by atoms with Gasteiger partial charge in [0.15, 0.2) is 11.5 Å². The molecule has 156 valence electrons. The predicted molar refractivity (Wildman–Crippen MR) is 113 cm³/mol. The quantitative estimate of drug-likeness (QED) is 0.463. The lowest BCUT2D eigenvalue weighted by Crippen LogP contribution is -2.30. The predicted octanol–water partition coefficient (Wildman–Crippen LogP) is 3.85. The van der Waals surface area contributed by atoms with Crippen molar-refractivity contribution in [3.8, 4) is 11.5 Å². The van der Waals surface area contributed by atoms with Crippen LogP contribution in [0.5, 0.6) is 11.5 Å². The number of benzene rings is 2. The summed E-state index contributed by atoms with van der Waals surface area (Å²) >= 11 is 0. The number of hydrogen-bond acceptors (Lipinski definition) is 5. The maximum absolute atomic E-state index is 12.9. The SMILES string of the molecule is CCCN1C(=O)C(=O)/C(=C(\O)c2ccc3c(c2)OCCO3)C1c1ccc(CC)cc1. The molecule has 2 heterocycles. The Balaban J connectivity index is 1.83. The van der Waals surface area contributed by atoms with Crippen molar-refractivity contribution in [1.82, 2.24) is 4.90 Å². The standard InChI is InChI=1S/C24H25NO5/c1-3-11-25-21(16-7-5-15(4-2)6-8-16)20(23(27)24(25)28)22(26)17-9-10-18-19(14-17)30-13-12-29-18/h5-10,14,21,26H,3-4,11-13H2,1-2H3/b22-20-. The van der Waals surface area contributed by atoms with Crippen molar-refractivity contribution in [1.29, 1.82) is 0 Å². The van der Waals surface area contributed by atoms with Gasteiger partial charge in [0.25, 0.3) is 11.7 Å². The molecule has 4 rings (SSSR count). The minimum absolute atomic E-state index is 0.106. The Bertz CT molecular complexity index is 1010. The molecule has 2 aromatic rings. The Hall–Kier alpha value is -3.28. The molecule has 2 aromatic carbocycles. The van der Waals surface area contributed by atoms with Crippen LogP contribution in [0.1, 0.15) is 43.0 Å². The lowest BCUT2D eigenvalue weighted by atomic mass is 9.94. The van der Waals surface area contributed by atoms with E-state index in [1.807, 2.05) is 31.2 Å². The number of carbonyl (C=O) groups is 2. The minimum Gasteiger partial charge on any atom is -0.507 e. The molecule has 1 amide bonds. The number of rotatable bonds is 5. The molecular weight excluding hydrogens is 382 g/mol. The number of carbonyl (C=O) groups excluding carboxylic acids is 2. The van der Waals surface area contributed by atoms with Crippen LogP contribution in [0.4, 0.5) is 0 Å². The molecule has 0 aliphatic carbocycles. The Morgan fingerprint density at radius 2 is 1.73 bits per heavy atom. The van der Waals surface area contributed by atoms with Crippen molar-refractivity contribution < 1.29 is 24.2 Å². The van der Waals surface area contributed by atoms with Crippen LogP contribution in [-0.4, -0.2) is 41.5 Å². The van der Waals surface area contributed by atoms with Crippen molar-refractivity contribution >= 4 is 17.4 Å². The van der Waals surface area contributed by atoms with Crippen molar-refractivity contribution in [3.05, 3.63) is 64.7 Å². The largest absolute Gasteiger partial charge is 0.507 e. The van der Waals surface area contributed by atoms with Gasteiger partial charge < -0.3 is 19.5 Å². The number of Topliss-reactive ketones (excluding diaryl/α,β-unsaturated/α-hetero) is 1. The van der Waals surface area contributed by atoms with Crippen LogP contribution in [0.3, 0.4) is 0 Å². The van der Waals surface area contributed by atoms with Crippen LogP contribution < -0.4 is 9.47 Å². The molecule has 0 saturated carbocycles. The van der Waals surface area contributed by atoms with Crippen LogP contribution in [-0.2, 0) is 16.0 Å². The highest BCUT2D eigenvalue weighted by Gasteiger charge is 2.45. The van der Waals surface area contributed by atoms with E-state index in [0.29, 0.717) is 43.2 Å². The van der Waals surface area contributed by atoms with Crippen LogP contribution in [0.25, 0.3) is 5.76 Å². The number of fused-ring (bicyclic) bond motifs is 1. The molecule has 1 unspecified atom stereocenters. The molecule has 30 heavy (non-hydrogen) atoms. The van der Waals surface area contributed by atoms with Gasteiger partial charge in [-0.2, -0.15) is 0 Å². The van der Waals surface area contributed by atoms with Gasteiger partial charge in [-0.3, -0.25) is 9.59 Å². The number of likely N-dealkylation sites (tertiary alicyclic amines) is 1. The molecule has 1 atom stereocenters. The van der Waals surface area contributed by atoms with Gasteiger partial charge in [0, 0.05) is 12.1 Å². The molecule has 0 radical (unpaired) electrons. The van der Waals surface area contributed by atoms with Crippen molar-refractivity contribution in [2.24, 2.45) is 0 Å². The lowest BCUT2D eigenvalue weighted by molar-refractivity contribution is -0.139. The fourth-order valence-electron chi connectivity index (χ4n) is 3.98. The summed E-state index contributed by atoms with van der Waals surface area (Å²) in [5.41, 5.74) is 2.50. The van der Waals surface area contributed by atoms with Gasteiger partial charge in [0.05, 0.1) is 11.6 Å². The van der Waals surface area contributed by atoms with E-state index in [1.54, 1.807) is 23.1 Å². The number of aliphatic hydroxyl groups is 1. The van der Waals surface area contributed by atoms with Gasteiger partial charge in [-0.25, -0.2) is 0 Å². The normalized spacial score (nSPS) is 19.9. The van der Waals surface area contributed by atoms with Crippen LogP contribution in [0.15, 0.2) is 48.0 Å². The van der Waals surface area contributed by atoms with Crippen LogP contribution >= 0.6 is 0 Å². The van der Waals surface area contributed by atoms with Crippen molar-refractivity contribution in [3.63, 3.8) is 0 Å². The van der Waals surface area contributed by atoms with Crippen molar-refractivity contribution in [2.45, 2.75) is 32.7 Å². The summed E-state index contributed by atoms with van der Waals surface area (Å²) in [6.07, 6.45) is 1.60. The average molecular weight is 407 g/mol. The van der Waals surface area contributed by atoms with Crippen molar-refractivity contribution in [2.75, 3.05) is 19.8 Å². The van der Waals surface area contributed by atoms with E-state index < -0.39 is 17.7 Å². The molecule has 6 nitrogen and oxygen atoms in total. The number of aryl methyl sites for hydroxylation is 1. The van der Waals surface area contributed by atoms with E-state index in [1.165, 1.54) is 0 Å². The summed E-state index contributed by atoms with van der Waals surface area (Å²) in [7, 11) is 0. The summed E-state index contributed by atoms with van der Waals surface area (Å²) in [5, 5.41) is 11.1. The Morgan fingerprint density at radius 3 is 2.40 bits per heavy atom. The summed E-state index contributed by atoms with van der Waals surface area (Å²) in [6.45, 7) is 5.34. The zero-order chi connectivity index (χ0) is 21.3. The zero-order valence-corrected chi connectivity index (χ0v) is 17.2. The third-order valence-electron chi connectivity index (χ3n) is 5.52. The molecule has 2 aliphatic heterocycles. The third kappa shape index (κ3) is 3.43. The van der Waals surface area contributed by atoms with Gasteiger partial charge in [-0.15, -0.1) is 0 Å². The molecule has 1 N–H and O–H groups in total.